The van der Waals surface area contributed by atoms with Gasteiger partial charge >= 0.3 is 0 Å². The third-order valence-corrected chi connectivity index (χ3v) is 1.23. The van der Waals surface area contributed by atoms with E-state index in [1.54, 1.807) is 6.33 Å². The molecule has 0 aliphatic rings. The van der Waals surface area contributed by atoms with Gasteiger partial charge in [0.1, 0.15) is 0 Å². The number of nitrogens with two attached hydrogens (primary N) is 1. The van der Waals surface area contributed by atoms with Gasteiger partial charge in [0.25, 0.3) is 0 Å². The zero-order valence-electron chi connectivity index (χ0n) is 5.95. The van der Waals surface area contributed by atoms with Crippen LogP contribution in [0.1, 0.15) is 5.69 Å². The van der Waals surface area contributed by atoms with Crippen LogP contribution < -0.4 is 5.90 Å². The summed E-state index contributed by atoms with van der Waals surface area (Å²) < 4.78 is 1.89. The van der Waals surface area contributed by atoms with E-state index in [9.17, 15) is 0 Å². The summed E-state index contributed by atoms with van der Waals surface area (Å²) in [7, 11) is 1.93. The second kappa shape index (κ2) is 3.34. The van der Waals surface area contributed by atoms with E-state index in [1.807, 2.05) is 17.8 Å². The van der Waals surface area contributed by atoms with Crippen LogP contribution in [0.3, 0.4) is 0 Å². The van der Waals surface area contributed by atoms with Gasteiger partial charge in [-0.1, -0.05) is 0 Å². The van der Waals surface area contributed by atoms with Crippen LogP contribution in [0.4, 0.5) is 0 Å². The quantitative estimate of drug-likeness (QED) is 0.596. The molecule has 1 rings (SSSR count). The number of nitrogens with zero attached hydrogens (tertiary/aromatic N) is 2. The summed E-state index contributed by atoms with van der Waals surface area (Å²) in [6.45, 7) is 0.525. The topological polar surface area (TPSA) is 53.1 Å². The molecule has 0 saturated carbocycles. The first-order valence-corrected chi connectivity index (χ1v) is 3.11. The highest BCUT2D eigenvalue weighted by molar-refractivity contribution is 4.95. The summed E-state index contributed by atoms with van der Waals surface area (Å²) in [4.78, 5) is 8.49. The summed E-state index contributed by atoms with van der Waals surface area (Å²) in [5, 5.41) is 0. The van der Waals surface area contributed by atoms with Crippen LogP contribution in [0.15, 0.2) is 12.5 Å². The Morgan fingerprint density at radius 3 is 3.10 bits per heavy atom. The molecular formula is C6H11N3O. The highest BCUT2D eigenvalue weighted by Crippen LogP contribution is 1.93. The van der Waals surface area contributed by atoms with E-state index in [1.165, 1.54) is 0 Å². The van der Waals surface area contributed by atoms with Crippen LogP contribution in [-0.4, -0.2) is 16.2 Å². The van der Waals surface area contributed by atoms with Gasteiger partial charge in [-0.05, 0) is 0 Å². The standard InChI is InChI=1S/C6H11N3O/c1-9-4-6(8-5-9)2-3-10-7/h4-5H,2-3,7H2,1H3. The Balaban J connectivity index is 2.42. The number of hydrogen-bond acceptors (Lipinski definition) is 3. The van der Waals surface area contributed by atoms with Crippen molar-refractivity contribution in [3.63, 3.8) is 0 Å². The monoisotopic (exact) mass is 141 g/mol. The van der Waals surface area contributed by atoms with Crippen molar-refractivity contribution >= 4 is 0 Å². The average molecular weight is 141 g/mol. The summed E-state index contributed by atoms with van der Waals surface area (Å²) in [5.41, 5.74) is 1.01. The minimum atomic E-state index is 0.525. The van der Waals surface area contributed by atoms with E-state index in [2.05, 4.69) is 9.82 Å². The maximum absolute atomic E-state index is 4.85. The highest BCUT2D eigenvalue weighted by atomic mass is 16.6. The normalized spacial score (nSPS) is 10.2. The molecule has 0 aromatic carbocycles. The maximum atomic E-state index is 4.85. The summed E-state index contributed by atoms with van der Waals surface area (Å²) in [5.74, 6) is 4.85. The molecule has 0 radical (unpaired) electrons. The summed E-state index contributed by atoms with van der Waals surface area (Å²) in [6.07, 6.45) is 4.47. The zero-order chi connectivity index (χ0) is 7.40. The smallest absolute Gasteiger partial charge is 0.0946 e. The van der Waals surface area contributed by atoms with Gasteiger partial charge in [0, 0.05) is 19.7 Å². The maximum Gasteiger partial charge on any atom is 0.0946 e. The molecule has 0 spiro atoms. The Kier molecular flexibility index (Phi) is 2.42. The van der Waals surface area contributed by atoms with Crippen LogP contribution in [0.2, 0.25) is 0 Å². The fourth-order valence-corrected chi connectivity index (χ4v) is 0.760. The summed E-state index contributed by atoms with van der Waals surface area (Å²) in [6, 6.07) is 0. The molecule has 0 saturated heterocycles. The van der Waals surface area contributed by atoms with E-state index in [-0.39, 0.29) is 0 Å². The van der Waals surface area contributed by atoms with Crippen molar-refractivity contribution in [1.29, 1.82) is 0 Å². The fourth-order valence-electron chi connectivity index (χ4n) is 0.760. The Bertz CT molecular complexity index is 197. The lowest BCUT2D eigenvalue weighted by molar-refractivity contribution is 0.140. The predicted octanol–water partition coefficient (Wildman–Crippen LogP) is -0.147. The first kappa shape index (κ1) is 7.24. The molecule has 1 heterocycles. The predicted molar refractivity (Wildman–Crippen MR) is 37.1 cm³/mol. The Labute approximate surface area is 59.6 Å². The molecule has 56 valence electrons. The molecule has 2 N–H and O–H groups in total. The molecule has 4 heteroatoms. The van der Waals surface area contributed by atoms with Crippen LogP contribution in [0, 0.1) is 0 Å². The minimum Gasteiger partial charge on any atom is -0.340 e. The van der Waals surface area contributed by atoms with Crippen molar-refractivity contribution in [1.82, 2.24) is 9.55 Å². The van der Waals surface area contributed by atoms with Crippen molar-refractivity contribution in [3.05, 3.63) is 18.2 Å². The van der Waals surface area contributed by atoms with Crippen molar-refractivity contribution in [3.8, 4) is 0 Å². The van der Waals surface area contributed by atoms with Crippen molar-refractivity contribution < 1.29 is 4.84 Å². The molecule has 0 fully saturated rings. The van der Waals surface area contributed by atoms with E-state index in [0.717, 1.165) is 12.1 Å². The van der Waals surface area contributed by atoms with Gasteiger partial charge in [-0.3, -0.25) is 0 Å². The van der Waals surface area contributed by atoms with E-state index in [0.29, 0.717) is 6.61 Å². The molecule has 0 bridgehead atoms. The Morgan fingerprint density at radius 2 is 2.60 bits per heavy atom. The molecule has 4 nitrogen and oxygen atoms in total. The molecule has 1 aromatic rings. The molecule has 0 unspecified atom stereocenters. The van der Waals surface area contributed by atoms with Crippen LogP contribution >= 0.6 is 0 Å². The van der Waals surface area contributed by atoms with Gasteiger partial charge in [-0.25, -0.2) is 10.9 Å². The Morgan fingerprint density at radius 1 is 1.80 bits per heavy atom. The number of aromatic nitrogens is 2. The first-order valence-electron chi connectivity index (χ1n) is 3.11. The highest BCUT2D eigenvalue weighted by Gasteiger charge is 1.94. The van der Waals surface area contributed by atoms with Crippen molar-refractivity contribution in [2.45, 2.75) is 6.42 Å². The van der Waals surface area contributed by atoms with Gasteiger partial charge in [0.15, 0.2) is 0 Å². The largest absolute Gasteiger partial charge is 0.340 e. The van der Waals surface area contributed by atoms with Gasteiger partial charge in [-0.2, -0.15) is 0 Å². The minimum absolute atomic E-state index is 0.525. The number of rotatable bonds is 3. The van der Waals surface area contributed by atoms with Crippen LogP contribution in [0.5, 0.6) is 0 Å². The molecular weight excluding hydrogens is 130 g/mol. The lowest BCUT2D eigenvalue weighted by atomic mass is 10.3. The third-order valence-electron chi connectivity index (χ3n) is 1.23. The van der Waals surface area contributed by atoms with E-state index in [4.69, 9.17) is 5.90 Å². The molecule has 10 heavy (non-hydrogen) atoms. The number of imidazole rings is 1. The second-order valence-corrected chi connectivity index (χ2v) is 2.15. The second-order valence-electron chi connectivity index (χ2n) is 2.15. The average Bonchev–Trinajstić information content (AvgIpc) is 2.31. The van der Waals surface area contributed by atoms with Crippen LogP contribution in [0.25, 0.3) is 0 Å². The van der Waals surface area contributed by atoms with Crippen molar-refractivity contribution in [2.24, 2.45) is 12.9 Å². The van der Waals surface area contributed by atoms with Gasteiger partial charge in [-0.15, -0.1) is 0 Å². The van der Waals surface area contributed by atoms with Gasteiger partial charge < -0.3 is 9.40 Å². The van der Waals surface area contributed by atoms with Gasteiger partial charge in [0.2, 0.25) is 0 Å². The van der Waals surface area contributed by atoms with Gasteiger partial charge in [0.05, 0.1) is 18.6 Å². The van der Waals surface area contributed by atoms with E-state index >= 15 is 0 Å². The SMILES string of the molecule is Cn1cnc(CCON)c1. The number of hydrogen-bond donors (Lipinski definition) is 1. The molecule has 0 atom stereocenters. The first-order chi connectivity index (χ1) is 4.83. The third kappa shape index (κ3) is 1.82. The molecule has 0 aliphatic heterocycles. The lowest BCUT2D eigenvalue weighted by Crippen LogP contribution is -2.03. The Hall–Kier alpha value is -0.870. The summed E-state index contributed by atoms with van der Waals surface area (Å²) >= 11 is 0. The molecule has 0 aliphatic carbocycles. The molecule has 1 aromatic heterocycles. The number of aryl methyl sites for hydroxylation is 1. The molecule has 0 amide bonds. The zero-order valence-corrected chi connectivity index (χ0v) is 5.95. The van der Waals surface area contributed by atoms with Crippen LogP contribution in [-0.2, 0) is 18.3 Å². The van der Waals surface area contributed by atoms with E-state index < -0.39 is 0 Å². The lowest BCUT2D eigenvalue weighted by Gasteiger charge is -1.91. The fraction of sp³-hybridized carbons (Fsp3) is 0.500. The van der Waals surface area contributed by atoms with Crippen molar-refractivity contribution in [2.75, 3.05) is 6.61 Å².